The third-order valence-electron chi connectivity index (χ3n) is 3.88. The van der Waals surface area contributed by atoms with Crippen LogP contribution >= 0.6 is 11.6 Å². The summed E-state index contributed by atoms with van der Waals surface area (Å²) >= 11 is 6.08. The van der Waals surface area contributed by atoms with Crippen molar-refractivity contribution in [2.24, 2.45) is 0 Å². The first-order chi connectivity index (χ1) is 11.6. The Kier molecular flexibility index (Phi) is 4.67. The van der Waals surface area contributed by atoms with Crippen LogP contribution in [-0.4, -0.2) is 16.7 Å². The van der Waals surface area contributed by atoms with E-state index in [0.717, 1.165) is 21.6 Å². The number of rotatable bonds is 5. The maximum atomic E-state index is 12.5. The lowest BCUT2D eigenvalue weighted by atomic mass is 10.1. The maximum absolute atomic E-state index is 12.5. The van der Waals surface area contributed by atoms with E-state index in [1.807, 2.05) is 61.5 Å². The van der Waals surface area contributed by atoms with Crippen molar-refractivity contribution < 1.29 is 9.59 Å². The Balaban J connectivity index is 1.70. The van der Waals surface area contributed by atoms with E-state index >= 15 is 0 Å². The Hall–Kier alpha value is -2.59. The van der Waals surface area contributed by atoms with Gasteiger partial charge in [0, 0.05) is 6.54 Å². The fourth-order valence-electron chi connectivity index (χ4n) is 2.51. The van der Waals surface area contributed by atoms with Crippen molar-refractivity contribution in [3.05, 3.63) is 82.0 Å². The molecular formula is C19H17ClN2O2. The van der Waals surface area contributed by atoms with Crippen LogP contribution in [0.3, 0.4) is 0 Å². The lowest BCUT2D eigenvalue weighted by Gasteiger charge is -2.15. The SMILES string of the molecule is Cc1ccc(CNC2=C(Cl)C(=O)N(Cc3ccccc3)C2=O)cc1. The highest BCUT2D eigenvalue weighted by Crippen LogP contribution is 2.24. The van der Waals surface area contributed by atoms with Gasteiger partial charge in [-0.25, -0.2) is 0 Å². The molecule has 1 aliphatic rings. The van der Waals surface area contributed by atoms with Crippen LogP contribution in [0, 0.1) is 6.92 Å². The highest BCUT2D eigenvalue weighted by Gasteiger charge is 2.37. The van der Waals surface area contributed by atoms with Crippen molar-refractivity contribution in [3.63, 3.8) is 0 Å². The molecule has 24 heavy (non-hydrogen) atoms. The lowest BCUT2D eigenvalue weighted by Crippen LogP contribution is -2.33. The number of hydrogen-bond donors (Lipinski definition) is 1. The Bertz CT molecular complexity index is 798. The number of carbonyl (C=O) groups is 2. The predicted octanol–water partition coefficient (Wildman–Crippen LogP) is 3.10. The molecule has 122 valence electrons. The summed E-state index contributed by atoms with van der Waals surface area (Å²) < 4.78 is 0. The predicted molar refractivity (Wildman–Crippen MR) is 92.9 cm³/mol. The van der Waals surface area contributed by atoms with Crippen LogP contribution < -0.4 is 5.32 Å². The minimum Gasteiger partial charge on any atom is -0.375 e. The summed E-state index contributed by atoms with van der Waals surface area (Å²) in [6.45, 7) is 2.66. The van der Waals surface area contributed by atoms with Crippen LogP contribution in [0.15, 0.2) is 65.3 Å². The fourth-order valence-corrected chi connectivity index (χ4v) is 2.76. The van der Waals surface area contributed by atoms with Gasteiger partial charge in [0.1, 0.15) is 10.7 Å². The van der Waals surface area contributed by atoms with Crippen LogP contribution in [0.25, 0.3) is 0 Å². The van der Waals surface area contributed by atoms with Gasteiger partial charge < -0.3 is 5.32 Å². The summed E-state index contributed by atoms with van der Waals surface area (Å²) in [5, 5.41) is 2.95. The molecule has 4 nitrogen and oxygen atoms in total. The fraction of sp³-hybridized carbons (Fsp3) is 0.158. The molecule has 2 aromatic rings. The molecule has 0 saturated carbocycles. The van der Waals surface area contributed by atoms with Crippen molar-refractivity contribution in [1.82, 2.24) is 10.2 Å². The first-order valence-electron chi connectivity index (χ1n) is 7.65. The lowest BCUT2D eigenvalue weighted by molar-refractivity contribution is -0.138. The summed E-state index contributed by atoms with van der Waals surface area (Å²) in [6.07, 6.45) is 0. The molecule has 0 unspecified atom stereocenters. The summed E-state index contributed by atoms with van der Waals surface area (Å²) in [7, 11) is 0. The molecule has 0 radical (unpaired) electrons. The molecule has 2 aromatic carbocycles. The Labute approximate surface area is 145 Å². The molecule has 0 fully saturated rings. The zero-order valence-corrected chi connectivity index (χ0v) is 14.0. The van der Waals surface area contributed by atoms with Crippen molar-refractivity contribution in [1.29, 1.82) is 0 Å². The summed E-state index contributed by atoms with van der Waals surface area (Å²) in [6, 6.07) is 17.3. The van der Waals surface area contributed by atoms with E-state index in [4.69, 9.17) is 11.6 Å². The molecule has 1 heterocycles. The number of imide groups is 1. The van der Waals surface area contributed by atoms with E-state index in [-0.39, 0.29) is 23.2 Å². The van der Waals surface area contributed by atoms with Gasteiger partial charge in [-0.15, -0.1) is 0 Å². The van der Waals surface area contributed by atoms with Crippen LogP contribution in [0.5, 0.6) is 0 Å². The number of hydrogen-bond acceptors (Lipinski definition) is 3. The molecule has 2 amide bonds. The Morgan fingerprint density at radius 2 is 1.58 bits per heavy atom. The normalized spacial score (nSPS) is 14.5. The molecule has 5 heteroatoms. The largest absolute Gasteiger partial charge is 0.375 e. The van der Waals surface area contributed by atoms with Gasteiger partial charge in [0.25, 0.3) is 11.8 Å². The van der Waals surface area contributed by atoms with Gasteiger partial charge in [-0.3, -0.25) is 14.5 Å². The first-order valence-corrected chi connectivity index (χ1v) is 8.03. The second kappa shape index (κ2) is 6.89. The number of carbonyl (C=O) groups excluding carboxylic acids is 2. The van der Waals surface area contributed by atoms with E-state index in [1.54, 1.807) is 0 Å². The standard InChI is InChI=1S/C19H17ClN2O2/c1-13-7-9-14(10-8-13)11-21-17-16(20)18(23)22(19(17)24)12-15-5-3-2-4-6-15/h2-10,21H,11-12H2,1H3. The number of nitrogens with one attached hydrogen (secondary N) is 1. The third-order valence-corrected chi connectivity index (χ3v) is 4.24. The summed E-state index contributed by atoms with van der Waals surface area (Å²) in [5.41, 5.74) is 3.22. The van der Waals surface area contributed by atoms with E-state index < -0.39 is 5.91 Å². The van der Waals surface area contributed by atoms with Gasteiger partial charge in [-0.05, 0) is 18.1 Å². The average Bonchev–Trinajstić information content (AvgIpc) is 2.79. The number of aryl methyl sites for hydroxylation is 1. The van der Waals surface area contributed by atoms with Crippen LogP contribution in [0.2, 0.25) is 0 Å². The molecule has 0 spiro atoms. The smallest absolute Gasteiger partial charge is 0.278 e. The summed E-state index contributed by atoms with van der Waals surface area (Å²) in [5.74, 6) is -0.849. The first kappa shape index (κ1) is 16.3. The van der Waals surface area contributed by atoms with Crippen molar-refractivity contribution in [3.8, 4) is 0 Å². The van der Waals surface area contributed by atoms with Crippen molar-refractivity contribution in [2.45, 2.75) is 20.0 Å². The monoisotopic (exact) mass is 340 g/mol. The highest BCUT2D eigenvalue weighted by molar-refractivity contribution is 6.47. The number of benzene rings is 2. The average molecular weight is 341 g/mol. The maximum Gasteiger partial charge on any atom is 0.278 e. The van der Waals surface area contributed by atoms with E-state index in [2.05, 4.69) is 5.32 Å². The Morgan fingerprint density at radius 1 is 0.917 bits per heavy atom. The zero-order valence-electron chi connectivity index (χ0n) is 13.3. The van der Waals surface area contributed by atoms with E-state index in [0.29, 0.717) is 6.54 Å². The number of amides is 2. The minimum atomic E-state index is -0.461. The molecule has 0 atom stereocenters. The third kappa shape index (κ3) is 3.34. The molecule has 0 aromatic heterocycles. The van der Waals surface area contributed by atoms with Gasteiger partial charge in [0.15, 0.2) is 0 Å². The van der Waals surface area contributed by atoms with Gasteiger partial charge in [-0.1, -0.05) is 71.8 Å². The molecular weight excluding hydrogens is 324 g/mol. The second-order valence-corrected chi connectivity index (χ2v) is 6.09. The number of nitrogens with zero attached hydrogens (tertiary/aromatic N) is 1. The van der Waals surface area contributed by atoms with Gasteiger partial charge in [0.05, 0.1) is 6.54 Å². The molecule has 3 rings (SSSR count). The molecule has 0 saturated heterocycles. The van der Waals surface area contributed by atoms with Crippen LogP contribution in [0.4, 0.5) is 0 Å². The Morgan fingerprint density at radius 3 is 2.25 bits per heavy atom. The highest BCUT2D eigenvalue weighted by atomic mass is 35.5. The molecule has 0 bridgehead atoms. The quantitative estimate of drug-likeness (QED) is 0.851. The summed E-state index contributed by atoms with van der Waals surface area (Å²) in [4.78, 5) is 25.9. The second-order valence-electron chi connectivity index (χ2n) is 5.71. The molecule has 1 N–H and O–H groups in total. The van der Waals surface area contributed by atoms with E-state index in [9.17, 15) is 9.59 Å². The van der Waals surface area contributed by atoms with E-state index in [1.165, 1.54) is 0 Å². The van der Waals surface area contributed by atoms with Crippen molar-refractivity contribution >= 4 is 23.4 Å². The van der Waals surface area contributed by atoms with Crippen molar-refractivity contribution in [2.75, 3.05) is 0 Å². The minimum absolute atomic E-state index is 0.0527. The van der Waals surface area contributed by atoms with Crippen LogP contribution in [0.1, 0.15) is 16.7 Å². The topological polar surface area (TPSA) is 49.4 Å². The zero-order chi connectivity index (χ0) is 17.1. The molecule has 0 aliphatic carbocycles. The van der Waals surface area contributed by atoms with Crippen LogP contribution in [-0.2, 0) is 22.7 Å². The number of halogens is 1. The molecule has 1 aliphatic heterocycles. The van der Waals surface area contributed by atoms with Gasteiger partial charge in [0.2, 0.25) is 0 Å². The van der Waals surface area contributed by atoms with Gasteiger partial charge in [-0.2, -0.15) is 0 Å². The van der Waals surface area contributed by atoms with Gasteiger partial charge >= 0.3 is 0 Å².